The number of allylic oxidation sites excluding steroid dienone is 2. The molecule has 0 saturated heterocycles. The average molecular weight is 417 g/mol. The van der Waals surface area contributed by atoms with Gasteiger partial charge in [0.15, 0.2) is 0 Å². The van der Waals surface area contributed by atoms with Gasteiger partial charge >= 0.3 is 0 Å². The maximum Gasteiger partial charge on any atom is 0.0482 e. The van der Waals surface area contributed by atoms with Crippen molar-refractivity contribution in [3.63, 3.8) is 0 Å². The molecule has 1 aliphatic heterocycles. The van der Waals surface area contributed by atoms with Crippen LogP contribution in [0.25, 0.3) is 0 Å². The molecule has 22 heavy (non-hydrogen) atoms. The van der Waals surface area contributed by atoms with Gasteiger partial charge in [-0.1, -0.05) is 54.7 Å². The third kappa shape index (κ3) is 9.51. The molecule has 0 aromatic heterocycles. The topological polar surface area (TPSA) is 36.1 Å². The summed E-state index contributed by atoms with van der Waals surface area (Å²) in [6.45, 7) is 6.74. The number of rotatable bonds is 11. The van der Waals surface area contributed by atoms with Gasteiger partial charge in [0.05, 0.1) is 0 Å². The minimum Gasteiger partial charge on any atom is -0.391 e. The molecule has 3 atom stereocenters. The van der Waals surface area contributed by atoms with Crippen LogP contribution in [0.1, 0.15) is 39.5 Å². The van der Waals surface area contributed by atoms with E-state index in [0.717, 1.165) is 30.0 Å². The minimum atomic E-state index is 0.487. The fourth-order valence-electron chi connectivity index (χ4n) is 2.42. The minimum absolute atomic E-state index is 0.487. The molecule has 3 N–H and O–H groups in total. The third-order valence-corrected chi connectivity index (χ3v) is 4.75. The summed E-state index contributed by atoms with van der Waals surface area (Å²) >= 11 is 2.33. The number of nitrogens with one attached hydrogen (secondary N) is 3. The molecular weight excluding hydrogens is 385 g/mol. The van der Waals surface area contributed by atoms with Gasteiger partial charge in [0.25, 0.3) is 0 Å². The lowest BCUT2D eigenvalue weighted by molar-refractivity contribution is 0.415. The van der Waals surface area contributed by atoms with E-state index in [2.05, 4.69) is 82.9 Å². The van der Waals surface area contributed by atoms with Gasteiger partial charge in [-0.3, -0.25) is 0 Å². The smallest absolute Gasteiger partial charge is 0.0482 e. The largest absolute Gasteiger partial charge is 0.391 e. The molecule has 126 valence electrons. The summed E-state index contributed by atoms with van der Waals surface area (Å²) in [7, 11) is 0. The van der Waals surface area contributed by atoms with E-state index < -0.39 is 0 Å². The summed E-state index contributed by atoms with van der Waals surface area (Å²) in [5, 5.41) is 9.99. The molecule has 0 radical (unpaired) electrons. The second-order valence-corrected chi connectivity index (χ2v) is 6.82. The number of alkyl halides is 1. The lowest BCUT2D eigenvalue weighted by Gasteiger charge is -2.19. The maximum absolute atomic E-state index is 3.48. The van der Waals surface area contributed by atoms with Crippen LogP contribution in [0.15, 0.2) is 36.7 Å². The molecule has 0 amide bonds. The quantitative estimate of drug-likeness (QED) is 0.157. The van der Waals surface area contributed by atoms with E-state index in [9.17, 15) is 0 Å². The van der Waals surface area contributed by atoms with Crippen LogP contribution in [0.2, 0.25) is 0 Å². The van der Waals surface area contributed by atoms with Crippen LogP contribution in [0.4, 0.5) is 0 Å². The van der Waals surface area contributed by atoms with Crippen LogP contribution in [-0.2, 0) is 0 Å². The van der Waals surface area contributed by atoms with Gasteiger partial charge in [0.1, 0.15) is 0 Å². The Labute approximate surface area is 150 Å². The Balaban J connectivity index is 2.10. The van der Waals surface area contributed by atoms with Gasteiger partial charge in [0, 0.05) is 23.7 Å². The molecule has 0 aromatic carbocycles. The molecule has 0 bridgehead atoms. The molecular formula is C18H32IN3. The molecule has 3 nitrogen and oxygen atoms in total. The fraction of sp³-hybridized carbons (Fsp3) is 0.667. The second kappa shape index (κ2) is 13.0. The molecule has 1 heterocycles. The van der Waals surface area contributed by atoms with Crippen molar-refractivity contribution in [2.45, 2.75) is 45.6 Å². The molecule has 1 aliphatic rings. The highest BCUT2D eigenvalue weighted by Gasteiger charge is 2.09. The van der Waals surface area contributed by atoms with Gasteiger partial charge in [-0.15, -0.1) is 0 Å². The summed E-state index contributed by atoms with van der Waals surface area (Å²) in [6.07, 6.45) is 18.2. The van der Waals surface area contributed by atoms with E-state index in [1.807, 2.05) is 6.20 Å². The summed E-state index contributed by atoms with van der Waals surface area (Å²) in [4.78, 5) is 0. The summed E-state index contributed by atoms with van der Waals surface area (Å²) in [5.41, 5.74) is 0. The van der Waals surface area contributed by atoms with Gasteiger partial charge in [-0.25, -0.2) is 0 Å². The first-order chi connectivity index (χ1) is 10.7. The van der Waals surface area contributed by atoms with Crippen LogP contribution >= 0.6 is 22.6 Å². The SMILES string of the molecule is C[C@@H](/C=C\NC1C=CNCC1)[C@@H](C)CCC/C=C/CNCI. The maximum atomic E-state index is 3.48. The molecule has 1 rings (SSSR count). The van der Waals surface area contributed by atoms with Crippen LogP contribution in [0.3, 0.4) is 0 Å². The first-order valence-corrected chi connectivity index (χ1v) is 10.0. The van der Waals surface area contributed by atoms with Crippen molar-refractivity contribution in [3.05, 3.63) is 36.7 Å². The van der Waals surface area contributed by atoms with E-state index in [4.69, 9.17) is 0 Å². The van der Waals surface area contributed by atoms with Gasteiger partial charge < -0.3 is 16.0 Å². The zero-order chi connectivity index (χ0) is 16.0. The lowest BCUT2D eigenvalue weighted by Crippen LogP contribution is -2.30. The molecule has 1 unspecified atom stereocenters. The molecule has 0 spiro atoms. The van der Waals surface area contributed by atoms with E-state index in [0.29, 0.717) is 12.0 Å². The predicted octanol–water partition coefficient (Wildman–Crippen LogP) is 3.95. The molecule has 0 aromatic rings. The Bertz CT molecular complexity index is 352. The highest BCUT2D eigenvalue weighted by molar-refractivity contribution is 14.1. The Morgan fingerprint density at radius 1 is 1.36 bits per heavy atom. The monoisotopic (exact) mass is 417 g/mol. The van der Waals surface area contributed by atoms with Crippen LogP contribution in [0, 0.1) is 11.8 Å². The summed E-state index contributed by atoms with van der Waals surface area (Å²) < 4.78 is 1.02. The van der Waals surface area contributed by atoms with Crippen LogP contribution in [0.5, 0.6) is 0 Å². The van der Waals surface area contributed by atoms with Crippen molar-refractivity contribution in [3.8, 4) is 0 Å². The molecule has 0 saturated carbocycles. The zero-order valence-corrected chi connectivity index (χ0v) is 16.2. The van der Waals surface area contributed by atoms with E-state index >= 15 is 0 Å². The van der Waals surface area contributed by atoms with Gasteiger partial charge in [0.2, 0.25) is 0 Å². The number of halogens is 1. The van der Waals surface area contributed by atoms with E-state index in [1.54, 1.807) is 0 Å². The van der Waals surface area contributed by atoms with Crippen LogP contribution < -0.4 is 16.0 Å². The Morgan fingerprint density at radius 2 is 2.23 bits per heavy atom. The Hall–Kier alpha value is -0.490. The molecule has 0 fully saturated rings. The van der Waals surface area contributed by atoms with Crippen molar-refractivity contribution in [1.82, 2.24) is 16.0 Å². The predicted molar refractivity (Wildman–Crippen MR) is 106 cm³/mol. The van der Waals surface area contributed by atoms with Gasteiger partial charge in [-0.05, 0) is 56.0 Å². The third-order valence-electron chi connectivity index (χ3n) is 4.21. The van der Waals surface area contributed by atoms with Crippen molar-refractivity contribution >= 4 is 22.6 Å². The van der Waals surface area contributed by atoms with Crippen molar-refractivity contribution in [2.24, 2.45) is 11.8 Å². The number of hydrogen-bond acceptors (Lipinski definition) is 3. The zero-order valence-electron chi connectivity index (χ0n) is 14.0. The number of unbranched alkanes of at least 4 members (excludes halogenated alkanes) is 1. The Morgan fingerprint density at radius 3 is 2.95 bits per heavy atom. The molecule has 4 heteroatoms. The fourth-order valence-corrected chi connectivity index (χ4v) is 2.73. The highest BCUT2D eigenvalue weighted by atomic mass is 127. The second-order valence-electron chi connectivity index (χ2n) is 6.06. The number of hydrogen-bond donors (Lipinski definition) is 3. The molecule has 0 aliphatic carbocycles. The van der Waals surface area contributed by atoms with Crippen molar-refractivity contribution < 1.29 is 0 Å². The van der Waals surface area contributed by atoms with E-state index in [-0.39, 0.29) is 0 Å². The summed E-state index contributed by atoms with van der Waals surface area (Å²) in [5.74, 6) is 1.37. The first-order valence-electron chi connectivity index (χ1n) is 8.48. The summed E-state index contributed by atoms with van der Waals surface area (Å²) in [6, 6.07) is 0.487. The van der Waals surface area contributed by atoms with E-state index in [1.165, 1.54) is 19.3 Å². The normalized spacial score (nSPS) is 21.1. The lowest BCUT2D eigenvalue weighted by atomic mass is 9.91. The van der Waals surface area contributed by atoms with Crippen LogP contribution in [-0.4, -0.2) is 23.7 Å². The highest BCUT2D eigenvalue weighted by Crippen LogP contribution is 2.19. The Kier molecular flexibility index (Phi) is 11.6. The first kappa shape index (κ1) is 19.6. The van der Waals surface area contributed by atoms with Crippen molar-refractivity contribution in [1.29, 1.82) is 0 Å². The average Bonchev–Trinajstić information content (AvgIpc) is 2.54. The van der Waals surface area contributed by atoms with Crippen molar-refractivity contribution in [2.75, 3.05) is 17.6 Å². The van der Waals surface area contributed by atoms with Gasteiger partial charge in [-0.2, -0.15) is 0 Å². The standard InChI is InChI=1S/C18H32IN3/c1-16(7-5-3-4-6-11-21-15-19)17(2)8-14-22-18-9-12-20-13-10-18/h4,6,8-9,12,14,16-18,20-22H,3,5,7,10-11,13,15H2,1-2H3/b6-4+,14-8-/t16-,17-,18?/m0/s1.